The maximum absolute atomic E-state index is 13.9. The monoisotopic (exact) mass is 351 g/mol. The van der Waals surface area contributed by atoms with Crippen molar-refractivity contribution < 1.29 is 21.6 Å². The van der Waals surface area contributed by atoms with Gasteiger partial charge in [0.2, 0.25) is 0 Å². The van der Waals surface area contributed by atoms with Crippen molar-refractivity contribution in [3.05, 3.63) is 59.5 Å². The number of hydrogen-bond donors (Lipinski definition) is 2. The molecule has 2 aromatic carbocycles. The predicted molar refractivity (Wildman–Crippen MR) is 80.1 cm³/mol. The van der Waals surface area contributed by atoms with Crippen molar-refractivity contribution in [2.75, 3.05) is 4.72 Å². The lowest BCUT2D eigenvalue weighted by Gasteiger charge is -2.09. The van der Waals surface area contributed by atoms with Crippen LogP contribution in [0, 0.1) is 28.8 Å². The molecule has 3 aromatic rings. The van der Waals surface area contributed by atoms with Gasteiger partial charge < -0.3 is 4.98 Å². The number of nitriles is 1. The molecule has 0 fully saturated rings. The largest absolute Gasteiger partial charge is 0.360 e. The molecule has 2 N–H and O–H groups in total. The summed E-state index contributed by atoms with van der Waals surface area (Å²) in [5, 5.41) is 8.82. The lowest BCUT2D eigenvalue weighted by atomic mass is 10.2. The fourth-order valence-electron chi connectivity index (χ4n) is 2.20. The summed E-state index contributed by atoms with van der Waals surface area (Å²) in [5.41, 5.74) is -0.942. The molecule has 0 saturated carbocycles. The number of anilines is 1. The molecule has 9 heteroatoms. The number of hydrogen-bond acceptors (Lipinski definition) is 3. The minimum Gasteiger partial charge on any atom is -0.360 e. The molecule has 122 valence electrons. The Balaban J connectivity index is 2.06. The molecule has 0 unspecified atom stereocenters. The Hall–Kier alpha value is -2.99. The van der Waals surface area contributed by atoms with Crippen LogP contribution in [0.5, 0.6) is 0 Å². The Morgan fingerprint density at radius 1 is 1.08 bits per heavy atom. The van der Waals surface area contributed by atoms with Crippen LogP contribution in [0.15, 0.2) is 41.4 Å². The van der Waals surface area contributed by atoms with Gasteiger partial charge in [-0.1, -0.05) is 0 Å². The quantitative estimate of drug-likeness (QED) is 0.759. The van der Waals surface area contributed by atoms with Gasteiger partial charge in [-0.05, 0) is 24.3 Å². The number of H-pyrrole nitrogens is 1. The molecule has 0 atom stereocenters. The number of nitrogens with one attached hydrogen (secondary N) is 2. The van der Waals surface area contributed by atoms with Gasteiger partial charge in [-0.15, -0.1) is 0 Å². The van der Waals surface area contributed by atoms with E-state index in [4.69, 9.17) is 5.26 Å². The molecule has 0 aliphatic rings. The van der Waals surface area contributed by atoms with Crippen molar-refractivity contribution in [1.82, 2.24) is 4.98 Å². The molecule has 0 amide bonds. The van der Waals surface area contributed by atoms with Crippen molar-refractivity contribution >= 4 is 26.6 Å². The minimum atomic E-state index is -4.26. The van der Waals surface area contributed by atoms with Crippen LogP contribution in [0.3, 0.4) is 0 Å². The average molecular weight is 351 g/mol. The van der Waals surface area contributed by atoms with E-state index < -0.39 is 38.7 Å². The number of rotatable bonds is 3. The van der Waals surface area contributed by atoms with Crippen molar-refractivity contribution in [1.29, 1.82) is 5.26 Å². The third-order valence-electron chi connectivity index (χ3n) is 3.32. The second kappa shape index (κ2) is 5.58. The molecular weight excluding hydrogens is 343 g/mol. The Labute approximate surface area is 134 Å². The van der Waals surface area contributed by atoms with Gasteiger partial charge in [-0.3, -0.25) is 4.72 Å². The second-order valence-electron chi connectivity index (χ2n) is 4.87. The van der Waals surface area contributed by atoms with Gasteiger partial charge >= 0.3 is 0 Å². The summed E-state index contributed by atoms with van der Waals surface area (Å²) in [6, 6.07) is 6.07. The van der Waals surface area contributed by atoms with Gasteiger partial charge in [0.1, 0.15) is 28.4 Å². The van der Waals surface area contributed by atoms with Crippen molar-refractivity contribution in [3.63, 3.8) is 0 Å². The van der Waals surface area contributed by atoms with Crippen LogP contribution < -0.4 is 4.72 Å². The first-order valence-electron chi connectivity index (χ1n) is 6.50. The van der Waals surface area contributed by atoms with E-state index in [0.29, 0.717) is 12.1 Å². The first kappa shape index (κ1) is 15.9. The molecule has 1 aromatic heterocycles. The highest BCUT2D eigenvalue weighted by Crippen LogP contribution is 2.27. The minimum absolute atomic E-state index is 0.193. The van der Waals surface area contributed by atoms with Crippen molar-refractivity contribution in [2.45, 2.75) is 4.90 Å². The van der Waals surface area contributed by atoms with E-state index in [-0.39, 0.29) is 15.8 Å². The van der Waals surface area contributed by atoms with E-state index in [2.05, 4.69) is 4.98 Å². The summed E-state index contributed by atoms with van der Waals surface area (Å²) < 4.78 is 67.3. The van der Waals surface area contributed by atoms with E-state index in [1.165, 1.54) is 12.1 Å². The summed E-state index contributed by atoms with van der Waals surface area (Å²) in [7, 11) is -4.26. The summed E-state index contributed by atoms with van der Waals surface area (Å²) >= 11 is 0. The van der Waals surface area contributed by atoms with Gasteiger partial charge in [0.15, 0.2) is 0 Å². The zero-order chi connectivity index (χ0) is 17.5. The van der Waals surface area contributed by atoms with E-state index in [0.717, 1.165) is 18.3 Å². The zero-order valence-corrected chi connectivity index (χ0v) is 12.6. The predicted octanol–water partition coefficient (Wildman–Crippen LogP) is 3.26. The zero-order valence-electron chi connectivity index (χ0n) is 11.8. The Kier molecular flexibility index (Phi) is 3.69. The maximum Gasteiger partial charge on any atom is 0.264 e. The first-order chi connectivity index (χ1) is 11.3. The lowest BCUT2D eigenvalue weighted by Crippen LogP contribution is -2.14. The summed E-state index contributed by atoms with van der Waals surface area (Å²) in [5.74, 6) is -2.71. The number of nitrogens with zero attached hydrogens (tertiary/aromatic N) is 1. The van der Waals surface area contributed by atoms with Gasteiger partial charge in [-0.25, -0.2) is 21.6 Å². The maximum atomic E-state index is 13.9. The molecule has 0 radical (unpaired) electrons. The highest BCUT2D eigenvalue weighted by Gasteiger charge is 2.22. The van der Waals surface area contributed by atoms with Gasteiger partial charge in [0.25, 0.3) is 10.0 Å². The van der Waals surface area contributed by atoms with E-state index in [9.17, 15) is 21.6 Å². The van der Waals surface area contributed by atoms with Crippen LogP contribution in [0.2, 0.25) is 0 Å². The molecule has 0 spiro atoms. The van der Waals surface area contributed by atoms with Gasteiger partial charge in [0.05, 0.1) is 11.3 Å². The van der Waals surface area contributed by atoms with E-state index in [1.54, 1.807) is 0 Å². The highest BCUT2D eigenvalue weighted by atomic mass is 32.2. The topological polar surface area (TPSA) is 85.8 Å². The van der Waals surface area contributed by atoms with Crippen LogP contribution in [0.1, 0.15) is 5.56 Å². The summed E-state index contributed by atoms with van der Waals surface area (Å²) in [6.07, 6.45) is 1.12. The number of halogens is 3. The molecule has 0 bridgehead atoms. The fraction of sp³-hybridized carbons (Fsp3) is 0. The van der Waals surface area contributed by atoms with Crippen LogP contribution in [-0.4, -0.2) is 13.4 Å². The Morgan fingerprint density at radius 2 is 1.83 bits per heavy atom. The number of sulfonamides is 1. The number of aromatic nitrogens is 1. The number of benzene rings is 2. The Bertz CT molecular complexity index is 1100. The number of fused-ring (bicyclic) bond motifs is 1. The Morgan fingerprint density at radius 3 is 2.54 bits per heavy atom. The lowest BCUT2D eigenvalue weighted by molar-refractivity contribution is 0.593. The van der Waals surface area contributed by atoms with Crippen molar-refractivity contribution in [3.8, 4) is 6.07 Å². The summed E-state index contributed by atoms with van der Waals surface area (Å²) in [6.45, 7) is 0. The van der Waals surface area contributed by atoms with Gasteiger partial charge in [0, 0.05) is 23.2 Å². The standard InChI is InChI=1S/C15H8F3N3O2S/c16-9-1-2-10-13(4-9)20-7-15(10)24(22,23)21-14-5-11(17)8(6-19)3-12(14)18/h1-5,7,20-21H. The summed E-state index contributed by atoms with van der Waals surface area (Å²) in [4.78, 5) is 2.35. The molecule has 1 heterocycles. The van der Waals surface area contributed by atoms with Crippen molar-refractivity contribution in [2.24, 2.45) is 0 Å². The van der Waals surface area contributed by atoms with E-state index in [1.807, 2.05) is 4.72 Å². The van der Waals surface area contributed by atoms with Gasteiger partial charge in [-0.2, -0.15) is 5.26 Å². The fourth-order valence-corrected chi connectivity index (χ4v) is 3.44. The highest BCUT2D eigenvalue weighted by molar-refractivity contribution is 7.93. The normalized spacial score (nSPS) is 11.4. The first-order valence-corrected chi connectivity index (χ1v) is 7.99. The van der Waals surface area contributed by atoms with E-state index >= 15 is 0 Å². The molecular formula is C15H8F3N3O2S. The SMILES string of the molecule is N#Cc1cc(F)c(NS(=O)(=O)c2c[nH]c3cc(F)ccc23)cc1F. The molecule has 5 nitrogen and oxygen atoms in total. The third-order valence-corrected chi connectivity index (χ3v) is 4.72. The molecule has 3 rings (SSSR count). The molecule has 0 aliphatic carbocycles. The smallest absolute Gasteiger partial charge is 0.264 e. The van der Waals surface area contributed by atoms with Crippen LogP contribution >= 0.6 is 0 Å². The molecule has 24 heavy (non-hydrogen) atoms. The number of aromatic amines is 1. The average Bonchev–Trinajstić information content (AvgIpc) is 2.94. The van der Waals surface area contributed by atoms with Crippen LogP contribution in [0.25, 0.3) is 10.9 Å². The van der Waals surface area contributed by atoms with Crippen LogP contribution in [0.4, 0.5) is 18.9 Å². The molecule has 0 aliphatic heterocycles. The third kappa shape index (κ3) is 2.68. The van der Waals surface area contributed by atoms with Crippen LogP contribution in [-0.2, 0) is 10.0 Å². The molecule has 0 saturated heterocycles. The second-order valence-corrected chi connectivity index (χ2v) is 6.52.